The molecule has 224 valence electrons. The largest absolute Gasteiger partial charge is 0.444 e. The van der Waals surface area contributed by atoms with Gasteiger partial charge in [-0.1, -0.05) is 0 Å². The van der Waals surface area contributed by atoms with Crippen LogP contribution in [0.15, 0.2) is 9.41 Å². The molecule has 2 aliphatic rings. The van der Waals surface area contributed by atoms with Crippen LogP contribution in [0, 0.1) is 0 Å². The molecule has 18 nitrogen and oxygen atoms in total. The number of fused-ring (bicyclic) bond motifs is 2. The minimum Gasteiger partial charge on any atom is -0.444 e. The number of nitrogens with zero attached hydrogens (tertiary/aromatic N) is 5. The Bertz CT molecular complexity index is 1220. The van der Waals surface area contributed by atoms with Crippen molar-refractivity contribution >= 4 is 34.6 Å². The summed E-state index contributed by atoms with van der Waals surface area (Å²) in [6.45, 7) is 9.48. The van der Waals surface area contributed by atoms with Crippen LogP contribution in [0.4, 0.5) is 14.4 Å². The maximum absolute atomic E-state index is 12.6. The number of urea groups is 1. The lowest BCUT2D eigenvalue weighted by Crippen LogP contribution is -2.47. The second-order valence-corrected chi connectivity index (χ2v) is 12.0. The van der Waals surface area contributed by atoms with Gasteiger partial charge in [0.2, 0.25) is 17.7 Å². The van der Waals surface area contributed by atoms with Crippen molar-refractivity contribution in [3.63, 3.8) is 0 Å². The third kappa shape index (κ3) is 8.73. The lowest BCUT2D eigenvalue weighted by Gasteiger charge is -2.27. The molecule has 0 aliphatic carbocycles. The normalized spacial score (nSPS) is 20.1. The SMILES string of the molecule is CC(C)(C)OC(=O)NC(=NC[C@H](O)c1nnc([C@@H]2CC[C@H]3CN2C(=O)N3OS(=O)(=O)O)o1)NC(=O)OC(C)(C)C. The molecule has 3 atom stereocenters. The molecule has 3 rings (SSSR count). The molecule has 40 heavy (non-hydrogen) atoms. The van der Waals surface area contributed by atoms with Gasteiger partial charge in [0.25, 0.3) is 0 Å². The number of nitrogens with one attached hydrogen (secondary N) is 2. The fourth-order valence-corrected chi connectivity index (χ4v) is 4.16. The van der Waals surface area contributed by atoms with E-state index in [1.54, 1.807) is 41.5 Å². The standard InChI is InChI=1S/C21H33N7O11S/c1-20(2,3)37-17(30)23-16(24-18(31)38-21(4,5)6)22-9-13(29)15-26-25-14(36-15)12-8-7-11-10-27(12)19(32)28(11)39-40(33,34)35/h11-13,29H,7-10H2,1-6H3,(H,33,34,35)(H2,22,23,24,30,31)/t11-,12-,13-/m0/s1. The van der Waals surface area contributed by atoms with Crippen molar-refractivity contribution < 1.29 is 50.6 Å². The van der Waals surface area contributed by atoms with Gasteiger partial charge in [-0.3, -0.25) is 15.2 Å². The number of ether oxygens (including phenoxy) is 2. The van der Waals surface area contributed by atoms with Crippen molar-refractivity contribution in [2.75, 3.05) is 13.1 Å². The quantitative estimate of drug-likeness (QED) is 0.207. The van der Waals surface area contributed by atoms with Crippen LogP contribution >= 0.6 is 0 Å². The summed E-state index contributed by atoms with van der Waals surface area (Å²) in [5.74, 6) is -0.674. The summed E-state index contributed by atoms with van der Waals surface area (Å²) >= 11 is 0. The number of aromatic nitrogens is 2. The van der Waals surface area contributed by atoms with Crippen LogP contribution in [0.2, 0.25) is 0 Å². The number of aliphatic hydroxyl groups excluding tert-OH is 1. The number of rotatable bonds is 6. The van der Waals surface area contributed by atoms with Crippen molar-refractivity contribution in [1.82, 2.24) is 30.8 Å². The highest BCUT2D eigenvalue weighted by Crippen LogP contribution is 2.38. The van der Waals surface area contributed by atoms with Gasteiger partial charge in [-0.2, -0.15) is 13.5 Å². The molecule has 0 saturated carbocycles. The molecule has 0 aromatic carbocycles. The highest BCUT2D eigenvalue weighted by Gasteiger charge is 2.49. The Hall–Kier alpha value is -3.55. The monoisotopic (exact) mass is 591 g/mol. The minimum absolute atomic E-state index is 0.0301. The zero-order valence-corrected chi connectivity index (χ0v) is 23.6. The van der Waals surface area contributed by atoms with Crippen LogP contribution in [-0.4, -0.2) is 92.7 Å². The molecule has 4 N–H and O–H groups in total. The summed E-state index contributed by atoms with van der Waals surface area (Å²) in [7, 11) is -4.90. The summed E-state index contributed by atoms with van der Waals surface area (Å²) in [6.07, 6.45) is -2.71. The molecule has 3 heterocycles. The first-order valence-corrected chi connectivity index (χ1v) is 13.5. The van der Waals surface area contributed by atoms with E-state index in [0.29, 0.717) is 17.9 Å². The fourth-order valence-electron chi connectivity index (χ4n) is 3.77. The van der Waals surface area contributed by atoms with Crippen LogP contribution in [0.3, 0.4) is 0 Å². The molecule has 2 fully saturated rings. The highest BCUT2D eigenvalue weighted by atomic mass is 32.3. The number of carbonyl (C=O) groups is 3. The molecule has 0 radical (unpaired) electrons. The summed E-state index contributed by atoms with van der Waals surface area (Å²) in [6, 6.07) is -2.17. The number of guanidine groups is 1. The van der Waals surface area contributed by atoms with Gasteiger partial charge in [0, 0.05) is 6.54 Å². The van der Waals surface area contributed by atoms with Gasteiger partial charge in [-0.25, -0.2) is 19.4 Å². The molecule has 0 spiro atoms. The van der Waals surface area contributed by atoms with Gasteiger partial charge < -0.3 is 23.9 Å². The van der Waals surface area contributed by atoms with Crippen LogP contribution in [0.25, 0.3) is 0 Å². The zero-order chi connectivity index (χ0) is 30.0. The van der Waals surface area contributed by atoms with Crippen molar-refractivity contribution in [3.05, 3.63) is 11.8 Å². The summed E-state index contributed by atoms with van der Waals surface area (Å²) in [4.78, 5) is 42.3. The molecule has 2 saturated heterocycles. The number of hydroxylamine groups is 2. The van der Waals surface area contributed by atoms with Gasteiger partial charge in [0.1, 0.15) is 17.2 Å². The first-order valence-electron chi connectivity index (χ1n) is 12.1. The van der Waals surface area contributed by atoms with E-state index in [2.05, 4.69) is 30.1 Å². The number of aliphatic hydroxyl groups is 1. The molecule has 4 amide bonds. The maximum Gasteiger partial charge on any atom is 0.418 e. The average Bonchev–Trinajstić information content (AvgIpc) is 3.34. The number of aliphatic imine (C=N–C) groups is 1. The maximum atomic E-state index is 12.6. The molecule has 2 bridgehead atoms. The second-order valence-electron chi connectivity index (χ2n) is 10.9. The summed E-state index contributed by atoms with van der Waals surface area (Å²) < 4.78 is 51.4. The molecule has 19 heteroatoms. The van der Waals surface area contributed by atoms with Gasteiger partial charge in [-0.05, 0) is 54.4 Å². The summed E-state index contributed by atoms with van der Waals surface area (Å²) in [5.41, 5.74) is -1.68. The Labute approximate surface area is 229 Å². The van der Waals surface area contributed by atoms with Gasteiger partial charge in [0.15, 0.2) is 6.10 Å². The van der Waals surface area contributed by atoms with E-state index in [1.165, 1.54) is 4.90 Å². The molecule has 0 unspecified atom stereocenters. The van der Waals surface area contributed by atoms with Gasteiger partial charge in [-0.15, -0.1) is 14.5 Å². The van der Waals surface area contributed by atoms with Crippen LogP contribution < -0.4 is 10.6 Å². The average molecular weight is 592 g/mol. The van der Waals surface area contributed by atoms with E-state index in [0.717, 1.165) is 0 Å². The highest BCUT2D eigenvalue weighted by molar-refractivity contribution is 7.80. The predicted octanol–water partition coefficient (Wildman–Crippen LogP) is 1.18. The van der Waals surface area contributed by atoms with Crippen LogP contribution in [0.1, 0.15) is 78.3 Å². The zero-order valence-electron chi connectivity index (χ0n) is 22.8. The number of hydrogen-bond acceptors (Lipinski definition) is 13. The van der Waals surface area contributed by atoms with Crippen molar-refractivity contribution in [3.8, 4) is 0 Å². The fraction of sp³-hybridized carbons (Fsp3) is 0.714. The number of carbonyl (C=O) groups excluding carboxylic acids is 3. The Morgan fingerprint density at radius 3 is 2.20 bits per heavy atom. The molecule has 2 aliphatic heterocycles. The molecule has 1 aromatic heterocycles. The molecule has 1 aromatic rings. The van der Waals surface area contributed by atoms with E-state index in [1.807, 2.05) is 0 Å². The van der Waals surface area contributed by atoms with E-state index in [-0.39, 0.29) is 24.3 Å². The van der Waals surface area contributed by atoms with Gasteiger partial charge >= 0.3 is 28.6 Å². The van der Waals surface area contributed by atoms with Gasteiger partial charge in [0.05, 0.1) is 12.6 Å². The first-order chi connectivity index (χ1) is 18.3. The van der Waals surface area contributed by atoms with E-state index in [4.69, 9.17) is 18.4 Å². The molecular weight excluding hydrogens is 558 g/mol. The Balaban J connectivity index is 1.70. The van der Waals surface area contributed by atoms with E-state index < -0.39 is 64.6 Å². The topological polar surface area (TPSA) is 235 Å². The smallest absolute Gasteiger partial charge is 0.418 e. The van der Waals surface area contributed by atoms with Crippen LogP contribution in [0.5, 0.6) is 0 Å². The van der Waals surface area contributed by atoms with E-state index in [9.17, 15) is 27.9 Å². The van der Waals surface area contributed by atoms with E-state index >= 15 is 0 Å². The van der Waals surface area contributed by atoms with Crippen LogP contribution in [-0.2, 0) is 24.2 Å². The third-order valence-corrected chi connectivity index (χ3v) is 5.53. The Morgan fingerprint density at radius 1 is 1.10 bits per heavy atom. The van der Waals surface area contributed by atoms with Crippen molar-refractivity contribution in [1.29, 1.82) is 0 Å². The Morgan fingerprint density at radius 2 is 1.68 bits per heavy atom. The lowest BCUT2D eigenvalue weighted by atomic mass is 10.0. The van der Waals surface area contributed by atoms with Crippen molar-refractivity contribution in [2.45, 2.75) is 83.8 Å². The second kappa shape index (κ2) is 11.5. The minimum atomic E-state index is -4.90. The Kier molecular flexibility index (Phi) is 8.92. The summed E-state index contributed by atoms with van der Waals surface area (Å²) in [5, 5.41) is 23.4. The number of hydrogen-bond donors (Lipinski definition) is 4. The lowest BCUT2D eigenvalue weighted by molar-refractivity contribution is -0.0317. The predicted molar refractivity (Wildman–Crippen MR) is 133 cm³/mol. The third-order valence-electron chi connectivity index (χ3n) is 5.18. The number of amides is 4. The number of piperidine rings is 1. The number of alkyl carbamates (subject to hydrolysis) is 2. The molecular formula is C21H33N7O11S. The van der Waals surface area contributed by atoms with Crippen molar-refractivity contribution in [2.24, 2.45) is 4.99 Å². The first kappa shape index (κ1) is 31.0.